The lowest BCUT2D eigenvalue weighted by molar-refractivity contribution is -0.148. The maximum atomic E-state index is 12.7. The third-order valence-corrected chi connectivity index (χ3v) is 7.12. The zero-order valence-electron chi connectivity index (χ0n) is 19.9. The first kappa shape index (κ1) is 24.7. The van der Waals surface area contributed by atoms with E-state index in [1.54, 1.807) is 0 Å². The van der Waals surface area contributed by atoms with Crippen molar-refractivity contribution in [2.24, 2.45) is 11.8 Å². The standard InChI is InChI=1S/C27H32N2O6/c1-34-24(26(31)32)15-28-25(30)18-9-3-2-8-17(18)14-29-27(33)35-16-23-21-12-6-4-10-19(21)20-11-5-7-13-22(20)23/h4-7,10-13,17-18,23-24H,2-3,8-9,14-16H2,1H3,(H,28,30)(H,29,33)(H,31,32)/t17-,18-,24?/m0/s1. The van der Waals surface area contributed by atoms with E-state index in [0.717, 1.165) is 30.4 Å². The summed E-state index contributed by atoms with van der Waals surface area (Å²) in [5.74, 6) is -1.65. The Kier molecular flexibility index (Phi) is 8.02. The molecule has 8 nitrogen and oxygen atoms in total. The highest BCUT2D eigenvalue weighted by Crippen LogP contribution is 2.44. The molecule has 1 saturated carbocycles. The van der Waals surface area contributed by atoms with Crippen LogP contribution in [0.4, 0.5) is 4.79 Å². The Labute approximate surface area is 205 Å². The van der Waals surface area contributed by atoms with Crippen molar-refractivity contribution < 1.29 is 29.0 Å². The Morgan fingerprint density at radius 1 is 0.971 bits per heavy atom. The molecule has 35 heavy (non-hydrogen) atoms. The average molecular weight is 481 g/mol. The molecule has 1 unspecified atom stereocenters. The van der Waals surface area contributed by atoms with Gasteiger partial charge in [-0.3, -0.25) is 4.79 Å². The first-order chi connectivity index (χ1) is 17.0. The first-order valence-electron chi connectivity index (χ1n) is 12.1. The lowest BCUT2D eigenvalue weighted by Gasteiger charge is -2.31. The fourth-order valence-corrected chi connectivity index (χ4v) is 5.26. The van der Waals surface area contributed by atoms with Crippen molar-refractivity contribution in [2.45, 2.75) is 37.7 Å². The van der Waals surface area contributed by atoms with Gasteiger partial charge in [-0.1, -0.05) is 61.4 Å². The first-order valence-corrected chi connectivity index (χ1v) is 12.1. The monoisotopic (exact) mass is 480 g/mol. The summed E-state index contributed by atoms with van der Waals surface area (Å²) in [6.45, 7) is 0.483. The largest absolute Gasteiger partial charge is 0.479 e. The molecule has 0 saturated heterocycles. The van der Waals surface area contributed by atoms with Gasteiger partial charge in [0.25, 0.3) is 0 Å². The number of hydrogen-bond acceptors (Lipinski definition) is 5. The molecular weight excluding hydrogens is 448 g/mol. The van der Waals surface area contributed by atoms with E-state index in [0.29, 0.717) is 13.0 Å². The Balaban J connectivity index is 1.30. The van der Waals surface area contributed by atoms with Crippen molar-refractivity contribution in [1.29, 1.82) is 0 Å². The molecule has 3 N–H and O–H groups in total. The summed E-state index contributed by atoms with van der Waals surface area (Å²) >= 11 is 0. The van der Waals surface area contributed by atoms with E-state index in [4.69, 9.17) is 14.6 Å². The van der Waals surface area contributed by atoms with Gasteiger partial charge >= 0.3 is 12.1 Å². The summed E-state index contributed by atoms with van der Waals surface area (Å²) in [6.07, 6.45) is 1.84. The molecule has 0 aliphatic heterocycles. The number of methoxy groups -OCH3 is 1. The molecule has 2 aliphatic rings. The van der Waals surface area contributed by atoms with Crippen LogP contribution in [0.25, 0.3) is 11.1 Å². The minimum atomic E-state index is -1.12. The van der Waals surface area contributed by atoms with Crippen molar-refractivity contribution in [2.75, 3.05) is 26.8 Å². The quantitative estimate of drug-likeness (QED) is 0.506. The number of benzene rings is 2. The molecule has 2 aromatic rings. The molecule has 8 heteroatoms. The van der Waals surface area contributed by atoms with Gasteiger partial charge in [0.1, 0.15) is 6.61 Å². The van der Waals surface area contributed by atoms with Crippen LogP contribution in [0.2, 0.25) is 0 Å². The summed E-state index contributed by atoms with van der Waals surface area (Å²) in [5, 5.41) is 14.6. The van der Waals surface area contributed by atoms with E-state index < -0.39 is 18.2 Å². The number of hydrogen-bond donors (Lipinski definition) is 3. The lowest BCUT2D eigenvalue weighted by Crippen LogP contribution is -2.45. The van der Waals surface area contributed by atoms with Crippen molar-refractivity contribution in [1.82, 2.24) is 10.6 Å². The van der Waals surface area contributed by atoms with Crippen LogP contribution in [0.15, 0.2) is 48.5 Å². The van der Waals surface area contributed by atoms with Gasteiger partial charge < -0.3 is 25.2 Å². The van der Waals surface area contributed by atoms with E-state index in [1.165, 1.54) is 18.2 Å². The van der Waals surface area contributed by atoms with Crippen molar-refractivity contribution in [3.63, 3.8) is 0 Å². The van der Waals surface area contributed by atoms with Crippen LogP contribution in [0, 0.1) is 11.8 Å². The second-order valence-corrected chi connectivity index (χ2v) is 9.17. The van der Waals surface area contributed by atoms with Crippen molar-refractivity contribution in [3.8, 4) is 11.1 Å². The molecule has 1 fully saturated rings. The van der Waals surface area contributed by atoms with Gasteiger partial charge in [-0.15, -0.1) is 0 Å². The summed E-state index contributed by atoms with van der Waals surface area (Å²) in [7, 11) is 1.30. The van der Waals surface area contributed by atoms with Crippen LogP contribution >= 0.6 is 0 Å². The molecular formula is C27H32N2O6. The normalized spacial score (nSPS) is 19.8. The minimum Gasteiger partial charge on any atom is -0.479 e. The number of ether oxygens (including phenoxy) is 2. The number of carbonyl (C=O) groups excluding carboxylic acids is 2. The SMILES string of the molecule is COC(CNC(=O)[C@H]1CCCC[C@H]1CNC(=O)OCC1c2ccccc2-c2ccccc21)C(=O)O. The molecule has 3 atom stereocenters. The molecule has 2 amide bonds. The van der Waals surface area contributed by atoms with Crippen LogP contribution in [0.1, 0.15) is 42.7 Å². The van der Waals surface area contributed by atoms with E-state index in [1.807, 2.05) is 24.3 Å². The van der Waals surface area contributed by atoms with Gasteiger partial charge in [-0.2, -0.15) is 0 Å². The molecule has 2 aliphatic carbocycles. The Bertz CT molecular complexity index is 1030. The zero-order chi connectivity index (χ0) is 24.8. The molecule has 0 aromatic heterocycles. The zero-order valence-corrected chi connectivity index (χ0v) is 19.9. The summed E-state index contributed by atoms with van der Waals surface area (Å²) < 4.78 is 10.5. The summed E-state index contributed by atoms with van der Waals surface area (Å²) in [6, 6.07) is 16.4. The maximum absolute atomic E-state index is 12.7. The van der Waals surface area contributed by atoms with Crippen LogP contribution in [-0.2, 0) is 19.1 Å². The summed E-state index contributed by atoms with van der Waals surface area (Å²) in [4.78, 5) is 36.4. The second-order valence-electron chi connectivity index (χ2n) is 9.17. The highest BCUT2D eigenvalue weighted by atomic mass is 16.5. The third kappa shape index (κ3) is 5.65. The number of fused-ring (bicyclic) bond motifs is 3. The number of aliphatic carboxylic acids is 1. The molecule has 0 bridgehead atoms. The number of rotatable bonds is 9. The van der Waals surface area contributed by atoms with E-state index in [9.17, 15) is 14.4 Å². The predicted molar refractivity (Wildman–Crippen MR) is 130 cm³/mol. The molecule has 0 heterocycles. The van der Waals surface area contributed by atoms with Crippen LogP contribution in [0.5, 0.6) is 0 Å². The summed E-state index contributed by atoms with van der Waals surface area (Å²) in [5.41, 5.74) is 4.65. The Hall–Kier alpha value is -3.39. The number of carboxylic acids is 1. The van der Waals surface area contributed by atoms with Gasteiger partial charge in [0, 0.05) is 25.5 Å². The highest BCUT2D eigenvalue weighted by Gasteiger charge is 2.33. The van der Waals surface area contributed by atoms with E-state index in [-0.39, 0.29) is 36.8 Å². The molecule has 2 aromatic carbocycles. The number of amides is 2. The predicted octanol–water partition coefficient (Wildman–Crippen LogP) is 3.55. The fourth-order valence-electron chi connectivity index (χ4n) is 5.26. The Morgan fingerprint density at radius 3 is 2.23 bits per heavy atom. The van der Waals surface area contributed by atoms with Crippen molar-refractivity contribution >= 4 is 18.0 Å². The highest BCUT2D eigenvalue weighted by molar-refractivity contribution is 5.81. The smallest absolute Gasteiger partial charge is 0.407 e. The van der Waals surface area contributed by atoms with Crippen molar-refractivity contribution in [3.05, 3.63) is 59.7 Å². The number of carbonyl (C=O) groups is 3. The van der Waals surface area contributed by atoms with Gasteiger partial charge in [-0.05, 0) is 41.0 Å². The molecule has 186 valence electrons. The van der Waals surface area contributed by atoms with Crippen LogP contribution < -0.4 is 10.6 Å². The second kappa shape index (κ2) is 11.4. The van der Waals surface area contributed by atoms with Gasteiger partial charge in [0.2, 0.25) is 5.91 Å². The van der Waals surface area contributed by atoms with Crippen LogP contribution in [0.3, 0.4) is 0 Å². The van der Waals surface area contributed by atoms with E-state index >= 15 is 0 Å². The number of carboxylic acid groups (broad SMARTS) is 1. The van der Waals surface area contributed by atoms with Crippen LogP contribution in [-0.4, -0.2) is 56.0 Å². The minimum absolute atomic E-state index is 0.00989. The average Bonchev–Trinajstić information content (AvgIpc) is 3.20. The van der Waals surface area contributed by atoms with Gasteiger partial charge in [0.15, 0.2) is 6.10 Å². The number of nitrogens with one attached hydrogen (secondary N) is 2. The lowest BCUT2D eigenvalue weighted by atomic mass is 9.78. The maximum Gasteiger partial charge on any atom is 0.407 e. The fraction of sp³-hybridized carbons (Fsp3) is 0.444. The van der Waals surface area contributed by atoms with Gasteiger partial charge in [0.05, 0.1) is 6.54 Å². The number of alkyl carbamates (subject to hydrolysis) is 1. The molecule has 0 spiro atoms. The third-order valence-electron chi connectivity index (χ3n) is 7.12. The van der Waals surface area contributed by atoms with E-state index in [2.05, 4.69) is 34.9 Å². The molecule has 4 rings (SSSR count). The molecule has 0 radical (unpaired) electrons. The van der Waals surface area contributed by atoms with Gasteiger partial charge in [-0.25, -0.2) is 9.59 Å². The Morgan fingerprint density at radius 2 is 1.60 bits per heavy atom. The topological polar surface area (TPSA) is 114 Å².